The number of benzene rings is 2. The van der Waals surface area contributed by atoms with Crippen molar-refractivity contribution in [3.05, 3.63) is 47.1 Å². The van der Waals surface area contributed by atoms with Crippen molar-refractivity contribution in [1.29, 1.82) is 0 Å². The first-order valence-electron chi connectivity index (χ1n) is 8.20. The van der Waals surface area contributed by atoms with Crippen LogP contribution in [-0.2, 0) is 0 Å². The highest BCUT2D eigenvalue weighted by Crippen LogP contribution is 2.37. The van der Waals surface area contributed by atoms with Crippen LogP contribution in [0.25, 0.3) is 31.4 Å². The molecule has 1 aliphatic rings. The van der Waals surface area contributed by atoms with Gasteiger partial charge in [0.25, 0.3) is 0 Å². The zero-order chi connectivity index (χ0) is 16.1. The lowest BCUT2D eigenvalue weighted by Gasteiger charge is -2.12. The molecule has 5 heteroatoms. The van der Waals surface area contributed by atoms with E-state index in [1.54, 1.807) is 0 Å². The highest BCUT2D eigenvalue weighted by Gasteiger charge is 2.16. The summed E-state index contributed by atoms with van der Waals surface area (Å²) in [6.07, 6.45) is 4.48. The Hall–Kier alpha value is -1.85. The Labute approximate surface area is 152 Å². The van der Waals surface area contributed by atoms with Gasteiger partial charge in [0.2, 0.25) is 5.95 Å². The SMILES string of the molecule is Brc1ccc2c(c1)sc1cc(-c3cnc(N4CCCC4)[nH]3)ccc12. The minimum Gasteiger partial charge on any atom is -0.342 e. The molecule has 0 atom stereocenters. The van der Waals surface area contributed by atoms with Crippen LogP contribution in [0.5, 0.6) is 0 Å². The predicted molar refractivity (Wildman–Crippen MR) is 106 cm³/mol. The van der Waals surface area contributed by atoms with Crippen LogP contribution in [0, 0.1) is 0 Å². The van der Waals surface area contributed by atoms with Gasteiger partial charge in [-0.05, 0) is 31.0 Å². The Kier molecular flexibility index (Phi) is 3.38. The van der Waals surface area contributed by atoms with E-state index in [0.717, 1.165) is 29.2 Å². The lowest BCUT2D eigenvalue weighted by molar-refractivity contribution is 0.918. The molecule has 3 nitrogen and oxygen atoms in total. The number of hydrogen-bond donors (Lipinski definition) is 1. The van der Waals surface area contributed by atoms with Crippen LogP contribution >= 0.6 is 27.3 Å². The van der Waals surface area contributed by atoms with Crippen LogP contribution < -0.4 is 4.90 Å². The standard InChI is InChI=1S/C19H16BrN3S/c20-13-4-6-15-14-5-3-12(9-17(14)24-18(15)10-13)16-11-21-19(22-16)23-7-1-2-8-23/h3-6,9-11H,1-2,7-8H2,(H,21,22). The Morgan fingerprint density at radius 2 is 1.75 bits per heavy atom. The first kappa shape index (κ1) is 14.5. The molecule has 1 fully saturated rings. The fourth-order valence-electron chi connectivity index (χ4n) is 3.47. The second-order valence-electron chi connectivity index (χ2n) is 6.27. The molecule has 1 aliphatic heterocycles. The molecule has 0 unspecified atom stereocenters. The minimum absolute atomic E-state index is 1.00. The molecule has 5 rings (SSSR count). The molecule has 0 amide bonds. The van der Waals surface area contributed by atoms with E-state index in [1.807, 2.05) is 17.5 Å². The summed E-state index contributed by atoms with van der Waals surface area (Å²) in [6, 6.07) is 13.2. The van der Waals surface area contributed by atoms with Crippen molar-refractivity contribution in [2.75, 3.05) is 18.0 Å². The third-order valence-electron chi connectivity index (χ3n) is 4.71. The average Bonchev–Trinajstić information content (AvgIpc) is 3.32. The fraction of sp³-hybridized carbons (Fsp3) is 0.211. The zero-order valence-electron chi connectivity index (χ0n) is 13.1. The summed E-state index contributed by atoms with van der Waals surface area (Å²) >= 11 is 5.41. The van der Waals surface area contributed by atoms with E-state index < -0.39 is 0 Å². The van der Waals surface area contributed by atoms with E-state index in [1.165, 1.54) is 38.6 Å². The molecule has 0 saturated carbocycles. The molecule has 24 heavy (non-hydrogen) atoms. The number of nitrogens with one attached hydrogen (secondary N) is 1. The van der Waals surface area contributed by atoms with Crippen LogP contribution in [0.15, 0.2) is 47.1 Å². The number of nitrogens with zero attached hydrogens (tertiary/aromatic N) is 2. The number of thiophene rings is 1. The fourth-order valence-corrected chi connectivity index (χ4v) is 5.16. The second kappa shape index (κ2) is 5.60. The van der Waals surface area contributed by atoms with Gasteiger partial charge in [-0.15, -0.1) is 11.3 Å². The number of aromatic nitrogens is 2. The van der Waals surface area contributed by atoms with Gasteiger partial charge in [-0.3, -0.25) is 0 Å². The Morgan fingerprint density at radius 1 is 1.00 bits per heavy atom. The van der Waals surface area contributed by atoms with E-state index in [2.05, 4.69) is 67.2 Å². The van der Waals surface area contributed by atoms with Gasteiger partial charge in [-0.1, -0.05) is 34.1 Å². The lowest BCUT2D eigenvalue weighted by atomic mass is 10.1. The van der Waals surface area contributed by atoms with Gasteiger partial charge in [-0.2, -0.15) is 0 Å². The Balaban J connectivity index is 1.58. The molecule has 4 aromatic rings. The van der Waals surface area contributed by atoms with E-state index >= 15 is 0 Å². The van der Waals surface area contributed by atoms with Crippen molar-refractivity contribution < 1.29 is 0 Å². The van der Waals surface area contributed by atoms with Gasteiger partial charge in [0.05, 0.1) is 11.9 Å². The summed E-state index contributed by atoms with van der Waals surface area (Å²) in [5.41, 5.74) is 2.29. The summed E-state index contributed by atoms with van der Waals surface area (Å²) in [6.45, 7) is 2.22. The smallest absolute Gasteiger partial charge is 0.203 e. The summed E-state index contributed by atoms with van der Waals surface area (Å²) in [7, 11) is 0. The van der Waals surface area contributed by atoms with Gasteiger partial charge in [-0.25, -0.2) is 4.98 Å². The van der Waals surface area contributed by atoms with E-state index in [0.29, 0.717) is 0 Å². The third kappa shape index (κ3) is 2.34. The van der Waals surface area contributed by atoms with E-state index in [9.17, 15) is 0 Å². The molecule has 2 aromatic carbocycles. The molecule has 2 aromatic heterocycles. The number of hydrogen-bond acceptors (Lipinski definition) is 3. The van der Waals surface area contributed by atoms with Gasteiger partial charge >= 0.3 is 0 Å². The van der Waals surface area contributed by atoms with Crippen LogP contribution in [0.3, 0.4) is 0 Å². The first-order valence-corrected chi connectivity index (χ1v) is 9.81. The van der Waals surface area contributed by atoms with Crippen LogP contribution in [0.4, 0.5) is 5.95 Å². The normalized spacial score (nSPS) is 15.0. The molecule has 3 heterocycles. The van der Waals surface area contributed by atoms with Crippen molar-refractivity contribution >= 4 is 53.4 Å². The van der Waals surface area contributed by atoms with Gasteiger partial charge < -0.3 is 9.88 Å². The summed E-state index contributed by atoms with van der Waals surface area (Å²) < 4.78 is 3.77. The summed E-state index contributed by atoms with van der Waals surface area (Å²) in [5.74, 6) is 1.00. The van der Waals surface area contributed by atoms with Crippen LogP contribution in [0.1, 0.15) is 12.8 Å². The first-order chi connectivity index (χ1) is 11.8. The molecule has 1 saturated heterocycles. The maximum atomic E-state index is 4.58. The highest BCUT2D eigenvalue weighted by atomic mass is 79.9. The number of fused-ring (bicyclic) bond motifs is 3. The van der Waals surface area contributed by atoms with Crippen molar-refractivity contribution in [3.8, 4) is 11.3 Å². The topological polar surface area (TPSA) is 31.9 Å². The van der Waals surface area contributed by atoms with Crippen molar-refractivity contribution in [3.63, 3.8) is 0 Å². The van der Waals surface area contributed by atoms with Crippen molar-refractivity contribution in [2.24, 2.45) is 0 Å². The molecule has 0 bridgehead atoms. The molecule has 0 spiro atoms. The second-order valence-corrected chi connectivity index (χ2v) is 8.27. The third-order valence-corrected chi connectivity index (χ3v) is 6.32. The molecule has 0 aliphatic carbocycles. The average molecular weight is 398 g/mol. The molecular formula is C19H16BrN3S. The van der Waals surface area contributed by atoms with Crippen LogP contribution in [0.2, 0.25) is 0 Å². The number of anilines is 1. The quantitative estimate of drug-likeness (QED) is 0.462. The van der Waals surface area contributed by atoms with Gasteiger partial charge in [0.15, 0.2) is 0 Å². The number of halogens is 1. The molecular weight excluding hydrogens is 382 g/mol. The largest absolute Gasteiger partial charge is 0.342 e. The molecule has 0 radical (unpaired) electrons. The Morgan fingerprint density at radius 3 is 2.58 bits per heavy atom. The maximum Gasteiger partial charge on any atom is 0.203 e. The number of rotatable bonds is 2. The summed E-state index contributed by atoms with van der Waals surface area (Å²) in [4.78, 5) is 10.4. The van der Waals surface area contributed by atoms with E-state index in [4.69, 9.17) is 0 Å². The predicted octanol–water partition coefficient (Wildman–Crippen LogP) is 5.81. The number of H-pyrrole nitrogens is 1. The maximum absolute atomic E-state index is 4.58. The number of aromatic amines is 1. The molecule has 120 valence electrons. The summed E-state index contributed by atoms with van der Waals surface area (Å²) in [5, 5.41) is 2.65. The monoisotopic (exact) mass is 397 g/mol. The van der Waals surface area contributed by atoms with Gasteiger partial charge in [0, 0.05) is 43.3 Å². The Bertz CT molecular complexity index is 1040. The van der Waals surface area contributed by atoms with Crippen LogP contribution in [-0.4, -0.2) is 23.1 Å². The van der Waals surface area contributed by atoms with Crippen molar-refractivity contribution in [2.45, 2.75) is 12.8 Å². The van der Waals surface area contributed by atoms with Crippen molar-refractivity contribution in [1.82, 2.24) is 9.97 Å². The highest BCUT2D eigenvalue weighted by molar-refractivity contribution is 9.10. The molecule has 1 N–H and O–H groups in total. The zero-order valence-corrected chi connectivity index (χ0v) is 15.5. The van der Waals surface area contributed by atoms with E-state index in [-0.39, 0.29) is 0 Å². The van der Waals surface area contributed by atoms with Gasteiger partial charge in [0.1, 0.15) is 0 Å². The number of imidazole rings is 1. The minimum atomic E-state index is 1.00. The lowest BCUT2D eigenvalue weighted by Crippen LogP contribution is -2.18.